The molecule has 0 spiro atoms. The van der Waals surface area contributed by atoms with Crippen molar-refractivity contribution in [1.82, 2.24) is 15.0 Å². The monoisotopic (exact) mass is 430 g/mol. The summed E-state index contributed by atoms with van der Waals surface area (Å²) in [6, 6.07) is 3.64. The van der Waals surface area contributed by atoms with Crippen LogP contribution in [0.1, 0.15) is 25.9 Å². The molecule has 0 saturated carbocycles. The van der Waals surface area contributed by atoms with Crippen LogP contribution >= 0.6 is 34.0 Å². The number of aryl methyl sites for hydroxylation is 1. The van der Waals surface area contributed by atoms with E-state index >= 15 is 0 Å². The van der Waals surface area contributed by atoms with Crippen LogP contribution in [0.2, 0.25) is 0 Å². The molecule has 2 N–H and O–H groups in total. The van der Waals surface area contributed by atoms with Crippen LogP contribution in [-0.4, -0.2) is 33.9 Å². The second kappa shape index (κ2) is 7.66. The number of thiophene rings is 1. The zero-order valence-corrected chi connectivity index (χ0v) is 17.3. The van der Waals surface area contributed by atoms with Crippen molar-refractivity contribution in [3.05, 3.63) is 50.7 Å². The van der Waals surface area contributed by atoms with Crippen LogP contribution in [0.3, 0.4) is 0 Å². The fourth-order valence-corrected chi connectivity index (χ4v) is 4.89. The lowest BCUT2D eigenvalue weighted by atomic mass is 10.2. The first kappa shape index (κ1) is 18.5. The fraction of sp³-hybridized carbons (Fsp3) is 0.111. The van der Waals surface area contributed by atoms with Crippen LogP contribution in [0.25, 0.3) is 21.8 Å². The van der Waals surface area contributed by atoms with Gasteiger partial charge in [0, 0.05) is 28.1 Å². The minimum absolute atomic E-state index is 0.235. The van der Waals surface area contributed by atoms with E-state index in [0.29, 0.717) is 27.1 Å². The molecule has 0 atom stereocenters. The largest absolute Gasteiger partial charge is 0.464 e. The summed E-state index contributed by atoms with van der Waals surface area (Å²) in [6.07, 6.45) is 1.67. The van der Waals surface area contributed by atoms with Crippen molar-refractivity contribution < 1.29 is 14.3 Å². The molecule has 0 aliphatic heterocycles. The first-order valence-corrected chi connectivity index (χ1v) is 10.7. The van der Waals surface area contributed by atoms with Crippen molar-refractivity contribution in [2.75, 3.05) is 12.4 Å². The maximum atomic E-state index is 12.7. The van der Waals surface area contributed by atoms with Crippen LogP contribution in [0, 0.1) is 6.92 Å². The Morgan fingerprint density at radius 3 is 2.82 bits per heavy atom. The number of nitrogens with one attached hydrogen (secondary N) is 2. The van der Waals surface area contributed by atoms with E-state index in [9.17, 15) is 9.59 Å². The highest BCUT2D eigenvalue weighted by Crippen LogP contribution is 2.31. The van der Waals surface area contributed by atoms with Crippen LogP contribution in [0.5, 0.6) is 0 Å². The minimum Gasteiger partial charge on any atom is -0.464 e. The number of hydrogen-bond acceptors (Lipinski definition) is 8. The molecular weight excluding hydrogens is 416 g/mol. The Bertz CT molecular complexity index is 1140. The molecule has 28 heavy (non-hydrogen) atoms. The van der Waals surface area contributed by atoms with Gasteiger partial charge in [-0.25, -0.2) is 14.8 Å². The molecule has 0 aliphatic rings. The van der Waals surface area contributed by atoms with Crippen molar-refractivity contribution in [1.29, 1.82) is 0 Å². The van der Waals surface area contributed by atoms with Crippen LogP contribution in [0.15, 0.2) is 34.5 Å². The third-order valence-corrected chi connectivity index (χ3v) is 6.53. The van der Waals surface area contributed by atoms with Gasteiger partial charge in [0.05, 0.1) is 18.5 Å². The summed E-state index contributed by atoms with van der Waals surface area (Å²) >= 11 is 4.27. The molecule has 0 aromatic carbocycles. The molecule has 7 nitrogen and oxygen atoms in total. The summed E-state index contributed by atoms with van der Waals surface area (Å²) in [7, 11) is 1.32. The van der Waals surface area contributed by atoms with Gasteiger partial charge in [0.25, 0.3) is 5.91 Å². The summed E-state index contributed by atoms with van der Waals surface area (Å²) in [5.74, 6) is -0.682. The van der Waals surface area contributed by atoms with Gasteiger partial charge >= 0.3 is 5.97 Å². The molecule has 0 aliphatic carbocycles. The van der Waals surface area contributed by atoms with Gasteiger partial charge in [0.2, 0.25) is 0 Å². The van der Waals surface area contributed by atoms with E-state index in [0.717, 1.165) is 16.1 Å². The Hall–Kier alpha value is -2.82. The number of aromatic amines is 1. The average Bonchev–Trinajstić information content (AvgIpc) is 3.45. The summed E-state index contributed by atoms with van der Waals surface area (Å²) in [5.41, 5.74) is 3.45. The van der Waals surface area contributed by atoms with E-state index in [2.05, 4.69) is 25.0 Å². The molecule has 0 saturated heterocycles. The smallest absolute Gasteiger partial charge is 0.354 e. The molecule has 0 fully saturated rings. The number of carbonyl (C=O) groups is 2. The maximum absolute atomic E-state index is 12.7. The first-order chi connectivity index (χ1) is 13.5. The molecule has 0 unspecified atom stereocenters. The number of ether oxygens (including phenoxy) is 1. The normalized spacial score (nSPS) is 10.8. The van der Waals surface area contributed by atoms with Gasteiger partial charge in [-0.15, -0.1) is 22.7 Å². The fourth-order valence-electron chi connectivity index (χ4n) is 2.50. The highest BCUT2D eigenvalue weighted by molar-refractivity contribution is 7.18. The summed E-state index contributed by atoms with van der Waals surface area (Å²) < 4.78 is 4.68. The standard InChI is InChI=1S/C18H14N4O3S3/c1-9-14(28-16(20-9)10-3-4-26-7-10)15(23)22-18-21-13(8-27-18)11-5-12(19-6-11)17(24)25-2/h3-8,19H,1-2H3,(H,21,22,23). The molecule has 1 amide bonds. The molecule has 4 aromatic heterocycles. The predicted molar refractivity (Wildman–Crippen MR) is 111 cm³/mol. The zero-order valence-electron chi connectivity index (χ0n) is 14.8. The van der Waals surface area contributed by atoms with Gasteiger partial charge < -0.3 is 9.72 Å². The van der Waals surface area contributed by atoms with E-state index in [1.54, 1.807) is 23.6 Å². The van der Waals surface area contributed by atoms with E-state index in [-0.39, 0.29) is 5.91 Å². The minimum atomic E-state index is -0.447. The molecule has 4 rings (SSSR count). The summed E-state index contributed by atoms with van der Waals surface area (Å²) in [6.45, 7) is 1.82. The molecule has 10 heteroatoms. The number of esters is 1. The Morgan fingerprint density at radius 1 is 1.21 bits per heavy atom. The number of rotatable bonds is 5. The highest BCUT2D eigenvalue weighted by Gasteiger charge is 2.18. The number of anilines is 1. The lowest BCUT2D eigenvalue weighted by molar-refractivity contribution is 0.0594. The molecule has 142 valence electrons. The predicted octanol–water partition coefficient (Wildman–Crippen LogP) is 4.67. The Kier molecular flexibility index (Phi) is 5.07. The average molecular weight is 431 g/mol. The van der Waals surface area contributed by atoms with Gasteiger partial charge in [-0.05, 0) is 24.4 Å². The second-order valence-corrected chi connectivity index (χ2v) is 8.37. The number of nitrogens with zero attached hydrogens (tertiary/aromatic N) is 2. The number of H-pyrrole nitrogens is 1. The van der Waals surface area contributed by atoms with Crippen molar-refractivity contribution in [2.24, 2.45) is 0 Å². The Labute approximate surface area is 172 Å². The number of carbonyl (C=O) groups excluding carboxylic acids is 2. The number of thiazole rings is 2. The third-order valence-electron chi connectivity index (χ3n) is 3.88. The highest BCUT2D eigenvalue weighted by atomic mass is 32.1. The van der Waals surface area contributed by atoms with Crippen LogP contribution in [-0.2, 0) is 4.74 Å². The molecule has 4 aromatic rings. The number of methoxy groups -OCH3 is 1. The molecular formula is C18H14N4O3S3. The first-order valence-electron chi connectivity index (χ1n) is 8.09. The molecule has 0 radical (unpaired) electrons. The van der Waals surface area contributed by atoms with Gasteiger partial charge in [-0.3, -0.25) is 10.1 Å². The lowest BCUT2D eigenvalue weighted by Crippen LogP contribution is -2.11. The van der Waals surface area contributed by atoms with Gasteiger partial charge in [-0.2, -0.15) is 11.3 Å². The van der Waals surface area contributed by atoms with Gasteiger partial charge in [-0.1, -0.05) is 0 Å². The second-order valence-electron chi connectivity index (χ2n) is 5.73. The van der Waals surface area contributed by atoms with Gasteiger partial charge in [0.15, 0.2) is 5.13 Å². The van der Waals surface area contributed by atoms with Crippen molar-refractivity contribution >= 4 is 51.0 Å². The molecule has 0 bridgehead atoms. The summed E-state index contributed by atoms with van der Waals surface area (Å²) in [5, 5.41) is 9.93. The topological polar surface area (TPSA) is 97.0 Å². The lowest BCUT2D eigenvalue weighted by Gasteiger charge is -1.99. The number of hydrogen-bond donors (Lipinski definition) is 2. The SMILES string of the molecule is COC(=O)c1cc(-c2csc(NC(=O)c3sc(-c4ccsc4)nc3C)n2)c[nH]1. The number of amides is 1. The van der Waals surface area contributed by atoms with Gasteiger partial charge in [0.1, 0.15) is 15.6 Å². The van der Waals surface area contributed by atoms with Crippen LogP contribution < -0.4 is 5.32 Å². The molecule has 4 heterocycles. The number of aromatic nitrogens is 3. The zero-order chi connectivity index (χ0) is 19.7. The van der Waals surface area contributed by atoms with Crippen molar-refractivity contribution in [3.8, 4) is 21.8 Å². The Balaban J connectivity index is 1.50. The van der Waals surface area contributed by atoms with E-state index < -0.39 is 5.97 Å². The van der Waals surface area contributed by atoms with E-state index in [4.69, 9.17) is 0 Å². The van der Waals surface area contributed by atoms with Crippen molar-refractivity contribution in [3.63, 3.8) is 0 Å². The van der Waals surface area contributed by atoms with E-state index in [1.807, 2.05) is 29.1 Å². The Morgan fingerprint density at radius 2 is 2.07 bits per heavy atom. The summed E-state index contributed by atoms with van der Waals surface area (Å²) in [4.78, 5) is 36.5. The maximum Gasteiger partial charge on any atom is 0.354 e. The van der Waals surface area contributed by atoms with Crippen LogP contribution in [0.4, 0.5) is 5.13 Å². The van der Waals surface area contributed by atoms with Crippen molar-refractivity contribution in [2.45, 2.75) is 6.92 Å². The van der Waals surface area contributed by atoms with E-state index in [1.165, 1.54) is 29.8 Å². The quantitative estimate of drug-likeness (QED) is 0.449. The third kappa shape index (κ3) is 3.61.